The molecule has 0 atom stereocenters. The lowest BCUT2D eigenvalue weighted by Crippen LogP contribution is -2.16. The van der Waals surface area contributed by atoms with Crippen LogP contribution in [0.5, 0.6) is 5.75 Å². The zero-order chi connectivity index (χ0) is 18.0. The molecule has 0 aliphatic heterocycles. The number of hydrogen-bond donors (Lipinski definition) is 1. The predicted octanol–water partition coefficient (Wildman–Crippen LogP) is 4.96. The molecule has 3 rings (SSSR count). The molecule has 1 heterocycles. The SMILES string of the molecule is COc1ccc(C=CC(=O)c2cc3c(Br)cc(Br)cc3[nH]c2=O)cc1. The minimum Gasteiger partial charge on any atom is -0.497 e. The van der Waals surface area contributed by atoms with E-state index in [-0.39, 0.29) is 11.3 Å². The highest BCUT2D eigenvalue weighted by molar-refractivity contribution is 9.11. The molecule has 126 valence electrons. The van der Waals surface area contributed by atoms with Crippen molar-refractivity contribution < 1.29 is 9.53 Å². The molecule has 0 spiro atoms. The molecule has 25 heavy (non-hydrogen) atoms. The van der Waals surface area contributed by atoms with Gasteiger partial charge in [-0.05, 0) is 42.0 Å². The van der Waals surface area contributed by atoms with E-state index in [0.717, 1.165) is 25.6 Å². The van der Waals surface area contributed by atoms with Gasteiger partial charge in [0.25, 0.3) is 5.56 Å². The van der Waals surface area contributed by atoms with Crippen LogP contribution in [0.4, 0.5) is 0 Å². The summed E-state index contributed by atoms with van der Waals surface area (Å²) in [5.74, 6) is 0.388. The monoisotopic (exact) mass is 461 g/mol. The number of aromatic amines is 1. The van der Waals surface area contributed by atoms with E-state index in [0.29, 0.717) is 5.52 Å². The number of fused-ring (bicyclic) bond motifs is 1. The lowest BCUT2D eigenvalue weighted by molar-refractivity contribution is 0.104. The minimum absolute atomic E-state index is 0.0975. The Labute approximate surface area is 160 Å². The Morgan fingerprint density at radius 1 is 1.12 bits per heavy atom. The first-order valence-electron chi connectivity index (χ1n) is 7.36. The van der Waals surface area contributed by atoms with Crippen molar-refractivity contribution in [2.75, 3.05) is 7.11 Å². The molecular formula is C19H13Br2NO3. The number of benzene rings is 2. The van der Waals surface area contributed by atoms with Gasteiger partial charge >= 0.3 is 0 Å². The summed E-state index contributed by atoms with van der Waals surface area (Å²) >= 11 is 6.83. The number of aromatic nitrogens is 1. The van der Waals surface area contributed by atoms with E-state index in [1.54, 1.807) is 25.3 Å². The maximum Gasteiger partial charge on any atom is 0.259 e. The van der Waals surface area contributed by atoms with Crippen molar-refractivity contribution in [3.63, 3.8) is 0 Å². The number of ketones is 1. The Bertz CT molecular complexity index is 1040. The average Bonchev–Trinajstić information content (AvgIpc) is 2.59. The summed E-state index contributed by atoms with van der Waals surface area (Å²) in [5.41, 5.74) is 1.18. The van der Waals surface area contributed by atoms with Gasteiger partial charge in [-0.15, -0.1) is 0 Å². The Hall–Kier alpha value is -2.18. The van der Waals surface area contributed by atoms with Crippen LogP contribution in [0.2, 0.25) is 0 Å². The molecule has 3 aromatic rings. The van der Waals surface area contributed by atoms with Gasteiger partial charge in [0.2, 0.25) is 0 Å². The first kappa shape index (κ1) is 17.6. The fourth-order valence-corrected chi connectivity index (χ4v) is 3.73. The van der Waals surface area contributed by atoms with Crippen LogP contribution in [-0.4, -0.2) is 17.9 Å². The molecule has 2 aromatic carbocycles. The van der Waals surface area contributed by atoms with E-state index < -0.39 is 5.56 Å². The van der Waals surface area contributed by atoms with Crippen molar-refractivity contribution >= 4 is 54.6 Å². The second-order valence-electron chi connectivity index (χ2n) is 5.33. The van der Waals surface area contributed by atoms with Crippen molar-refractivity contribution in [2.45, 2.75) is 0 Å². The first-order valence-corrected chi connectivity index (χ1v) is 8.95. The van der Waals surface area contributed by atoms with E-state index in [2.05, 4.69) is 36.8 Å². The number of rotatable bonds is 4. The minimum atomic E-state index is -0.415. The van der Waals surface area contributed by atoms with E-state index in [1.165, 1.54) is 6.08 Å². The molecule has 4 nitrogen and oxygen atoms in total. The van der Waals surface area contributed by atoms with Gasteiger partial charge < -0.3 is 9.72 Å². The molecular weight excluding hydrogens is 450 g/mol. The molecule has 0 unspecified atom stereocenters. The third-order valence-electron chi connectivity index (χ3n) is 3.68. The van der Waals surface area contributed by atoms with Crippen LogP contribution < -0.4 is 10.3 Å². The van der Waals surface area contributed by atoms with Crippen molar-refractivity contribution in [2.24, 2.45) is 0 Å². The van der Waals surface area contributed by atoms with E-state index in [9.17, 15) is 9.59 Å². The molecule has 6 heteroatoms. The van der Waals surface area contributed by atoms with Crippen LogP contribution in [0.1, 0.15) is 15.9 Å². The third-order valence-corrected chi connectivity index (χ3v) is 4.80. The first-order chi connectivity index (χ1) is 12.0. The van der Waals surface area contributed by atoms with Crippen LogP contribution in [0.15, 0.2) is 62.3 Å². The zero-order valence-corrected chi connectivity index (χ0v) is 16.3. The van der Waals surface area contributed by atoms with Crippen LogP contribution in [0.25, 0.3) is 17.0 Å². The highest BCUT2D eigenvalue weighted by atomic mass is 79.9. The van der Waals surface area contributed by atoms with Gasteiger partial charge in [-0.3, -0.25) is 9.59 Å². The molecule has 0 aliphatic rings. The summed E-state index contributed by atoms with van der Waals surface area (Å²) in [6, 6.07) is 12.5. The lowest BCUT2D eigenvalue weighted by Gasteiger charge is -2.04. The van der Waals surface area contributed by atoms with Crippen molar-refractivity contribution in [3.05, 3.63) is 79.0 Å². The number of allylic oxidation sites excluding steroid dienone is 1. The van der Waals surface area contributed by atoms with Gasteiger partial charge in [0.05, 0.1) is 18.2 Å². The predicted molar refractivity (Wildman–Crippen MR) is 106 cm³/mol. The Morgan fingerprint density at radius 3 is 2.52 bits per heavy atom. The van der Waals surface area contributed by atoms with E-state index >= 15 is 0 Å². The van der Waals surface area contributed by atoms with Crippen molar-refractivity contribution in [1.29, 1.82) is 0 Å². The number of carbonyl (C=O) groups excluding carboxylic acids is 1. The molecule has 0 amide bonds. The van der Waals surface area contributed by atoms with Gasteiger partial charge in [-0.2, -0.15) is 0 Å². The summed E-state index contributed by atoms with van der Waals surface area (Å²) < 4.78 is 6.72. The molecule has 0 radical (unpaired) electrons. The third kappa shape index (κ3) is 3.91. The van der Waals surface area contributed by atoms with Gasteiger partial charge in [0, 0.05) is 14.3 Å². The van der Waals surface area contributed by atoms with E-state index in [4.69, 9.17) is 4.74 Å². The second-order valence-corrected chi connectivity index (χ2v) is 7.10. The normalized spacial score (nSPS) is 11.2. The lowest BCUT2D eigenvalue weighted by atomic mass is 10.1. The Morgan fingerprint density at radius 2 is 1.84 bits per heavy atom. The molecule has 0 fully saturated rings. The number of methoxy groups -OCH3 is 1. The van der Waals surface area contributed by atoms with Crippen molar-refractivity contribution in [1.82, 2.24) is 4.98 Å². The maximum absolute atomic E-state index is 12.4. The zero-order valence-electron chi connectivity index (χ0n) is 13.2. The van der Waals surface area contributed by atoms with Gasteiger partial charge in [0.1, 0.15) is 5.75 Å². The standard InChI is InChI=1S/C19H13Br2NO3/c1-25-13-5-2-11(3-6-13)4-7-18(23)15-10-14-16(21)8-12(20)9-17(14)22-19(15)24/h2-10H,1H3,(H,22,24). The summed E-state index contributed by atoms with van der Waals surface area (Å²) in [7, 11) is 1.59. The van der Waals surface area contributed by atoms with Gasteiger partial charge in [-0.1, -0.05) is 50.1 Å². The average molecular weight is 463 g/mol. The number of nitrogens with one attached hydrogen (secondary N) is 1. The summed E-state index contributed by atoms with van der Waals surface area (Å²) in [4.78, 5) is 27.4. The second kappa shape index (κ2) is 7.37. The molecule has 0 bridgehead atoms. The smallest absolute Gasteiger partial charge is 0.259 e. The highest BCUT2D eigenvalue weighted by Crippen LogP contribution is 2.27. The molecule has 0 saturated heterocycles. The molecule has 0 saturated carbocycles. The van der Waals surface area contributed by atoms with Gasteiger partial charge in [-0.25, -0.2) is 0 Å². The largest absolute Gasteiger partial charge is 0.497 e. The maximum atomic E-state index is 12.4. The summed E-state index contributed by atoms with van der Waals surface area (Å²) in [6.07, 6.45) is 3.06. The van der Waals surface area contributed by atoms with E-state index in [1.807, 2.05) is 30.3 Å². The van der Waals surface area contributed by atoms with Crippen molar-refractivity contribution in [3.8, 4) is 5.75 Å². The molecule has 0 aliphatic carbocycles. The topological polar surface area (TPSA) is 59.2 Å². The quantitative estimate of drug-likeness (QED) is 0.440. The van der Waals surface area contributed by atoms with Crippen LogP contribution in [0.3, 0.4) is 0 Å². The fraction of sp³-hybridized carbons (Fsp3) is 0.0526. The Balaban J connectivity index is 1.94. The number of pyridine rings is 1. The molecule has 1 N–H and O–H groups in total. The number of H-pyrrole nitrogens is 1. The van der Waals surface area contributed by atoms with Crippen LogP contribution in [-0.2, 0) is 0 Å². The summed E-state index contributed by atoms with van der Waals surface area (Å²) in [6.45, 7) is 0. The van der Waals surface area contributed by atoms with Crippen LogP contribution in [0, 0.1) is 0 Å². The molecule has 1 aromatic heterocycles. The number of hydrogen-bond acceptors (Lipinski definition) is 3. The fourth-order valence-electron chi connectivity index (χ4n) is 2.39. The Kier molecular flexibility index (Phi) is 5.20. The van der Waals surface area contributed by atoms with Crippen LogP contribution >= 0.6 is 31.9 Å². The highest BCUT2D eigenvalue weighted by Gasteiger charge is 2.11. The number of carbonyl (C=O) groups is 1. The number of ether oxygens (including phenoxy) is 1. The van der Waals surface area contributed by atoms with Gasteiger partial charge in [0.15, 0.2) is 5.78 Å². The number of halogens is 2. The summed E-state index contributed by atoms with van der Waals surface area (Å²) in [5, 5.41) is 0.768.